The lowest BCUT2D eigenvalue weighted by molar-refractivity contribution is 1.08. The Balaban J connectivity index is 2.27. The van der Waals surface area contributed by atoms with Crippen LogP contribution in [0.1, 0.15) is 17.0 Å². The first-order valence-corrected chi connectivity index (χ1v) is 4.98. The third-order valence-corrected chi connectivity index (χ3v) is 2.45. The molecule has 0 aliphatic heterocycles. The highest BCUT2D eigenvalue weighted by atomic mass is 32.1. The van der Waals surface area contributed by atoms with Crippen LogP contribution in [0.25, 0.3) is 0 Å². The molecule has 1 heterocycles. The zero-order valence-electron chi connectivity index (χ0n) is 8.00. The second kappa shape index (κ2) is 3.80. The van der Waals surface area contributed by atoms with E-state index >= 15 is 0 Å². The summed E-state index contributed by atoms with van der Waals surface area (Å²) in [4.78, 5) is 6.24. The third kappa shape index (κ3) is 1.93. The van der Waals surface area contributed by atoms with E-state index in [1.54, 1.807) is 0 Å². The zero-order valence-corrected chi connectivity index (χ0v) is 8.82. The molecule has 2 N–H and O–H groups in total. The van der Waals surface area contributed by atoms with Crippen molar-refractivity contribution in [3.8, 4) is 0 Å². The summed E-state index contributed by atoms with van der Waals surface area (Å²) in [5.41, 5.74) is 3.58. The minimum Gasteiger partial charge on any atom is -0.335 e. The molecule has 14 heavy (non-hydrogen) atoms. The lowest BCUT2D eigenvalue weighted by Gasteiger charge is -1.99. The van der Waals surface area contributed by atoms with Crippen molar-refractivity contribution in [1.29, 1.82) is 0 Å². The second-order valence-electron chi connectivity index (χ2n) is 3.35. The van der Waals surface area contributed by atoms with Crippen molar-refractivity contribution in [1.82, 2.24) is 9.97 Å². The Morgan fingerprint density at radius 2 is 1.86 bits per heavy atom. The predicted molar refractivity (Wildman–Crippen MR) is 60.0 cm³/mol. The maximum absolute atomic E-state index is 5.03. The van der Waals surface area contributed by atoms with Gasteiger partial charge in [0.25, 0.3) is 0 Å². The van der Waals surface area contributed by atoms with Crippen molar-refractivity contribution in [2.45, 2.75) is 13.3 Å². The average Bonchev–Trinajstić information content (AvgIpc) is 2.47. The summed E-state index contributed by atoms with van der Waals surface area (Å²) in [6, 6.07) is 10.3. The quantitative estimate of drug-likeness (QED) is 0.724. The van der Waals surface area contributed by atoms with E-state index in [4.69, 9.17) is 12.2 Å². The Morgan fingerprint density at radius 3 is 2.43 bits per heavy atom. The summed E-state index contributed by atoms with van der Waals surface area (Å²) >= 11 is 5.03. The van der Waals surface area contributed by atoms with Crippen molar-refractivity contribution in [3.63, 3.8) is 0 Å². The van der Waals surface area contributed by atoms with Gasteiger partial charge in [0.05, 0.1) is 0 Å². The van der Waals surface area contributed by atoms with Crippen LogP contribution in [0.15, 0.2) is 30.3 Å². The van der Waals surface area contributed by atoms with Crippen LogP contribution in [0.2, 0.25) is 0 Å². The first kappa shape index (κ1) is 9.21. The third-order valence-electron chi connectivity index (χ3n) is 2.24. The number of benzene rings is 1. The van der Waals surface area contributed by atoms with Crippen LogP contribution in [0.4, 0.5) is 0 Å². The van der Waals surface area contributed by atoms with Crippen LogP contribution in [0.3, 0.4) is 0 Å². The summed E-state index contributed by atoms with van der Waals surface area (Å²) in [7, 11) is 0. The van der Waals surface area contributed by atoms with Crippen LogP contribution in [-0.4, -0.2) is 9.97 Å². The molecule has 0 radical (unpaired) electrons. The van der Waals surface area contributed by atoms with Gasteiger partial charge in [0.2, 0.25) is 0 Å². The van der Waals surface area contributed by atoms with E-state index in [0.717, 1.165) is 12.1 Å². The molecule has 0 saturated carbocycles. The molecule has 0 spiro atoms. The van der Waals surface area contributed by atoms with Crippen LogP contribution in [0.5, 0.6) is 0 Å². The van der Waals surface area contributed by atoms with E-state index in [1.807, 2.05) is 25.1 Å². The monoisotopic (exact) mass is 204 g/mol. The van der Waals surface area contributed by atoms with E-state index in [0.29, 0.717) is 4.77 Å². The van der Waals surface area contributed by atoms with Crippen molar-refractivity contribution < 1.29 is 0 Å². The lowest BCUT2D eigenvalue weighted by Crippen LogP contribution is -1.90. The number of hydrogen-bond donors (Lipinski definition) is 2. The molecule has 0 saturated heterocycles. The van der Waals surface area contributed by atoms with Gasteiger partial charge in [0.1, 0.15) is 0 Å². The minimum absolute atomic E-state index is 0.702. The fourth-order valence-corrected chi connectivity index (χ4v) is 1.76. The Bertz CT molecular complexity index is 468. The van der Waals surface area contributed by atoms with Crippen molar-refractivity contribution in [3.05, 3.63) is 52.1 Å². The molecule has 3 heteroatoms. The van der Waals surface area contributed by atoms with Crippen molar-refractivity contribution in [2.24, 2.45) is 0 Å². The van der Waals surface area contributed by atoms with Gasteiger partial charge in [-0.05, 0) is 24.7 Å². The van der Waals surface area contributed by atoms with Gasteiger partial charge in [-0.25, -0.2) is 0 Å². The van der Waals surface area contributed by atoms with E-state index in [9.17, 15) is 0 Å². The molecule has 0 aliphatic carbocycles. The van der Waals surface area contributed by atoms with Crippen LogP contribution in [-0.2, 0) is 6.42 Å². The summed E-state index contributed by atoms with van der Waals surface area (Å²) < 4.78 is 0.702. The maximum Gasteiger partial charge on any atom is 0.174 e. The van der Waals surface area contributed by atoms with E-state index in [-0.39, 0.29) is 0 Å². The van der Waals surface area contributed by atoms with Gasteiger partial charge < -0.3 is 9.97 Å². The minimum atomic E-state index is 0.702. The molecule has 2 rings (SSSR count). The summed E-state index contributed by atoms with van der Waals surface area (Å²) in [6.07, 6.45) is 0.903. The summed E-state index contributed by atoms with van der Waals surface area (Å²) in [5, 5.41) is 0. The van der Waals surface area contributed by atoms with E-state index in [2.05, 4.69) is 22.1 Å². The zero-order chi connectivity index (χ0) is 9.97. The van der Waals surface area contributed by atoms with E-state index < -0.39 is 0 Å². The number of H-pyrrole nitrogens is 2. The molecule has 0 fully saturated rings. The standard InChI is InChI=1S/C11H12N2S/c1-8-10(13-11(14)12-8)7-9-5-3-2-4-6-9/h2-6H,7H2,1H3,(H2,12,13,14). The van der Waals surface area contributed by atoms with Crippen LogP contribution in [0, 0.1) is 11.7 Å². The Labute approximate surface area is 88.0 Å². The summed E-state index contributed by atoms with van der Waals surface area (Å²) in [6.45, 7) is 2.03. The molecule has 72 valence electrons. The van der Waals surface area contributed by atoms with Gasteiger partial charge in [0.15, 0.2) is 4.77 Å². The van der Waals surface area contributed by atoms with Gasteiger partial charge in [-0.3, -0.25) is 0 Å². The van der Waals surface area contributed by atoms with Gasteiger partial charge in [-0.2, -0.15) is 0 Å². The number of rotatable bonds is 2. The smallest absolute Gasteiger partial charge is 0.174 e. The lowest BCUT2D eigenvalue weighted by atomic mass is 10.1. The SMILES string of the molecule is Cc1[nH]c(=S)[nH]c1Cc1ccccc1. The highest BCUT2D eigenvalue weighted by Crippen LogP contribution is 2.09. The van der Waals surface area contributed by atoms with Gasteiger partial charge >= 0.3 is 0 Å². The largest absolute Gasteiger partial charge is 0.335 e. The molecule has 2 aromatic rings. The second-order valence-corrected chi connectivity index (χ2v) is 3.75. The molecule has 0 unspecified atom stereocenters. The number of hydrogen-bond acceptors (Lipinski definition) is 1. The maximum atomic E-state index is 5.03. The van der Waals surface area contributed by atoms with Crippen LogP contribution < -0.4 is 0 Å². The molecule has 1 aromatic carbocycles. The van der Waals surface area contributed by atoms with Gasteiger partial charge in [-0.1, -0.05) is 30.3 Å². The molecule has 1 aromatic heterocycles. The number of imidazole rings is 1. The first-order valence-electron chi connectivity index (χ1n) is 4.57. The molecular formula is C11H12N2S. The Hall–Kier alpha value is -1.35. The normalized spacial score (nSPS) is 10.4. The van der Waals surface area contributed by atoms with Crippen LogP contribution >= 0.6 is 12.2 Å². The van der Waals surface area contributed by atoms with Gasteiger partial charge in [0, 0.05) is 17.8 Å². The molecular weight excluding hydrogens is 192 g/mol. The molecule has 0 bridgehead atoms. The first-order chi connectivity index (χ1) is 6.75. The topological polar surface area (TPSA) is 31.6 Å². The van der Waals surface area contributed by atoms with Crippen molar-refractivity contribution in [2.75, 3.05) is 0 Å². The predicted octanol–water partition coefficient (Wildman–Crippen LogP) is 2.97. The van der Waals surface area contributed by atoms with E-state index in [1.165, 1.54) is 11.3 Å². The van der Waals surface area contributed by atoms with Gasteiger partial charge in [-0.15, -0.1) is 0 Å². The number of aromatic nitrogens is 2. The molecule has 0 aliphatic rings. The molecule has 0 atom stereocenters. The highest BCUT2D eigenvalue weighted by molar-refractivity contribution is 7.71. The Morgan fingerprint density at radius 1 is 1.14 bits per heavy atom. The fourth-order valence-electron chi connectivity index (χ4n) is 1.48. The fraction of sp³-hybridized carbons (Fsp3) is 0.182. The number of aromatic amines is 2. The number of nitrogens with one attached hydrogen (secondary N) is 2. The Kier molecular flexibility index (Phi) is 2.50. The van der Waals surface area contributed by atoms with Crippen molar-refractivity contribution >= 4 is 12.2 Å². The average molecular weight is 204 g/mol. The molecule has 2 nitrogen and oxygen atoms in total. The summed E-state index contributed by atoms with van der Waals surface area (Å²) in [5.74, 6) is 0. The molecule has 0 amide bonds. The highest BCUT2D eigenvalue weighted by Gasteiger charge is 2.01. The number of aryl methyl sites for hydroxylation is 1.